The van der Waals surface area contributed by atoms with Crippen LogP contribution in [0.2, 0.25) is 0 Å². The number of rotatable bonds is 23. The number of hydrogen-bond donors (Lipinski definition) is 3. The lowest BCUT2D eigenvalue weighted by molar-refractivity contribution is -0.875. The Labute approximate surface area is 211 Å². The Kier molecular flexibility index (Phi) is 19.4. The molecule has 5 nitrogen and oxygen atoms in total. The summed E-state index contributed by atoms with van der Waals surface area (Å²) >= 11 is 0. The van der Waals surface area contributed by atoms with Crippen molar-refractivity contribution in [3.63, 3.8) is 0 Å². The average Bonchev–Trinajstić information content (AvgIpc) is 2.73. The molecule has 0 radical (unpaired) electrons. The van der Waals surface area contributed by atoms with Gasteiger partial charge in [0, 0.05) is 0 Å². The molecule has 0 heterocycles. The van der Waals surface area contributed by atoms with Crippen LogP contribution in [0.25, 0.3) is 0 Å². The van der Waals surface area contributed by atoms with E-state index >= 15 is 0 Å². The molecule has 6 heteroatoms. The molecular formula is C28H57NO4P+. The van der Waals surface area contributed by atoms with E-state index < -0.39 is 12.9 Å². The van der Waals surface area contributed by atoms with Gasteiger partial charge in [-0.1, -0.05) is 89.0 Å². The van der Waals surface area contributed by atoms with Crippen molar-refractivity contribution in [1.82, 2.24) is 0 Å². The molecule has 0 saturated heterocycles. The fourth-order valence-corrected chi connectivity index (χ4v) is 5.38. The van der Waals surface area contributed by atoms with Gasteiger partial charge in [0.05, 0.1) is 21.1 Å². The van der Waals surface area contributed by atoms with E-state index in [1.54, 1.807) is 0 Å². The highest BCUT2D eigenvalue weighted by Crippen LogP contribution is 2.52. The molecule has 1 unspecified atom stereocenters. The van der Waals surface area contributed by atoms with Gasteiger partial charge in [-0.2, -0.15) is 0 Å². The summed E-state index contributed by atoms with van der Waals surface area (Å²) in [5.41, 5.74) is 0. The van der Waals surface area contributed by atoms with Crippen molar-refractivity contribution in [1.29, 1.82) is 0 Å². The number of aliphatic hydroxyl groups is 1. The lowest BCUT2D eigenvalue weighted by atomic mass is 10.1. The van der Waals surface area contributed by atoms with Gasteiger partial charge in [-0.05, 0) is 57.8 Å². The van der Waals surface area contributed by atoms with E-state index in [9.17, 15) is 19.5 Å². The van der Waals surface area contributed by atoms with Crippen LogP contribution in [0.1, 0.15) is 122 Å². The van der Waals surface area contributed by atoms with E-state index in [1.807, 2.05) is 21.1 Å². The first-order chi connectivity index (χ1) is 16.0. The molecule has 34 heavy (non-hydrogen) atoms. The Morgan fingerprint density at radius 3 is 1.44 bits per heavy atom. The van der Waals surface area contributed by atoms with Gasteiger partial charge in [0.1, 0.15) is 6.54 Å². The van der Waals surface area contributed by atoms with Gasteiger partial charge in [-0.3, -0.25) is 4.57 Å². The van der Waals surface area contributed by atoms with Gasteiger partial charge in [0.25, 0.3) is 0 Å². The van der Waals surface area contributed by atoms with Crippen LogP contribution in [0.5, 0.6) is 0 Å². The van der Waals surface area contributed by atoms with Crippen LogP contribution >= 0.6 is 7.60 Å². The van der Waals surface area contributed by atoms with E-state index in [-0.39, 0.29) is 13.0 Å². The summed E-state index contributed by atoms with van der Waals surface area (Å²) in [6.07, 6.45) is 29.8. The van der Waals surface area contributed by atoms with E-state index in [2.05, 4.69) is 31.2 Å². The highest BCUT2D eigenvalue weighted by Gasteiger charge is 2.48. The normalized spacial score (nSPS) is 14.9. The van der Waals surface area contributed by atoms with Crippen molar-refractivity contribution in [3.8, 4) is 0 Å². The summed E-state index contributed by atoms with van der Waals surface area (Å²) in [7, 11) is 0.961. The molecule has 0 bridgehead atoms. The largest absolute Gasteiger partial charge is 0.373 e. The monoisotopic (exact) mass is 502 g/mol. The molecule has 0 saturated carbocycles. The van der Waals surface area contributed by atoms with Crippen molar-refractivity contribution < 1.29 is 23.9 Å². The van der Waals surface area contributed by atoms with Crippen LogP contribution in [0.4, 0.5) is 0 Å². The summed E-state index contributed by atoms with van der Waals surface area (Å²) < 4.78 is 12.1. The summed E-state index contributed by atoms with van der Waals surface area (Å²) in [5, 5.41) is 8.64. The quantitative estimate of drug-likeness (QED) is 0.0578. The molecule has 0 spiro atoms. The average molecular weight is 503 g/mol. The van der Waals surface area contributed by atoms with E-state index in [0.717, 1.165) is 32.1 Å². The van der Waals surface area contributed by atoms with Gasteiger partial charge in [0.2, 0.25) is 5.34 Å². The van der Waals surface area contributed by atoms with E-state index in [4.69, 9.17) is 0 Å². The highest BCUT2D eigenvalue weighted by atomic mass is 31.2. The number of allylic oxidation sites excluding steroid dienone is 4. The Balaban J connectivity index is 3.62. The molecule has 0 aliphatic carbocycles. The second kappa shape index (κ2) is 19.7. The molecule has 0 aromatic heterocycles. The standard InChI is InChI=1S/C28H56NO4P/c1-5-6-7-8-9-10-11-12-13-14-15-16-17-18-19-20-21-22-23-24-25-26-28(30,34(31,32)33)27-29(2,3)4/h12-13,17-18,30H,5-11,14-16,19-27H2,1-4H3,(H-,31,32,33)/p+1/b13-12-,18-17-. The smallest absolute Gasteiger partial charge is 0.362 e. The number of quaternary nitrogens is 1. The molecule has 0 aromatic rings. The highest BCUT2D eigenvalue weighted by molar-refractivity contribution is 7.53. The van der Waals surface area contributed by atoms with Crippen LogP contribution in [0, 0.1) is 0 Å². The first kappa shape index (κ1) is 33.5. The molecule has 0 aromatic carbocycles. The Hall–Kier alpha value is -0.450. The SMILES string of the molecule is CCCCCCCC/C=C\CCC/C=C\CCCCCCCCC(O)(C[N+](C)(C)C)P(=O)(O)O. The lowest BCUT2D eigenvalue weighted by Gasteiger charge is -2.35. The molecular weight excluding hydrogens is 445 g/mol. The van der Waals surface area contributed by atoms with Crippen molar-refractivity contribution in [2.75, 3.05) is 27.7 Å². The maximum Gasteiger partial charge on any atom is 0.362 e. The van der Waals surface area contributed by atoms with E-state index in [0.29, 0.717) is 10.9 Å². The van der Waals surface area contributed by atoms with Crippen LogP contribution in [-0.4, -0.2) is 52.4 Å². The molecule has 202 valence electrons. The van der Waals surface area contributed by atoms with Gasteiger partial charge >= 0.3 is 7.60 Å². The lowest BCUT2D eigenvalue weighted by Crippen LogP contribution is -2.49. The molecule has 0 fully saturated rings. The zero-order valence-electron chi connectivity index (χ0n) is 22.9. The maximum absolute atomic E-state index is 11.8. The van der Waals surface area contributed by atoms with Crippen molar-refractivity contribution in [2.24, 2.45) is 0 Å². The van der Waals surface area contributed by atoms with E-state index in [1.165, 1.54) is 70.6 Å². The molecule has 0 amide bonds. The zero-order valence-corrected chi connectivity index (χ0v) is 23.8. The topological polar surface area (TPSA) is 77.8 Å². The summed E-state index contributed by atoms with van der Waals surface area (Å²) in [6, 6.07) is 0. The first-order valence-electron chi connectivity index (χ1n) is 13.9. The van der Waals surface area contributed by atoms with Crippen LogP contribution in [-0.2, 0) is 4.57 Å². The molecule has 0 rings (SSSR count). The summed E-state index contributed by atoms with van der Waals surface area (Å²) in [4.78, 5) is 19.2. The Morgan fingerprint density at radius 1 is 0.647 bits per heavy atom. The fraction of sp³-hybridized carbons (Fsp3) is 0.857. The third-order valence-corrected chi connectivity index (χ3v) is 7.72. The molecule has 3 N–H and O–H groups in total. The molecule has 1 atom stereocenters. The summed E-state index contributed by atoms with van der Waals surface area (Å²) in [6.45, 7) is 2.32. The zero-order chi connectivity index (χ0) is 25.8. The minimum atomic E-state index is -4.55. The third-order valence-electron chi connectivity index (χ3n) is 6.27. The van der Waals surface area contributed by atoms with Crippen molar-refractivity contribution in [2.45, 2.75) is 128 Å². The predicted octanol–water partition coefficient (Wildman–Crippen LogP) is 7.71. The predicted molar refractivity (Wildman–Crippen MR) is 147 cm³/mol. The summed E-state index contributed by atoms with van der Waals surface area (Å²) in [5.74, 6) is 0. The molecule has 0 aliphatic heterocycles. The third kappa shape index (κ3) is 19.8. The number of unbranched alkanes of at least 4 members (excludes halogenated alkanes) is 14. The number of hydrogen-bond acceptors (Lipinski definition) is 2. The molecule has 0 aliphatic rings. The minimum absolute atomic E-state index is 0.0547. The van der Waals surface area contributed by atoms with Gasteiger partial charge in [-0.15, -0.1) is 0 Å². The first-order valence-corrected chi connectivity index (χ1v) is 15.5. The number of nitrogens with zero attached hydrogens (tertiary/aromatic N) is 1. The fourth-order valence-electron chi connectivity index (χ4n) is 4.32. The van der Waals surface area contributed by atoms with Gasteiger partial charge < -0.3 is 19.4 Å². The number of likely N-dealkylation sites (N-methyl/N-ethyl adjacent to an activating group) is 1. The van der Waals surface area contributed by atoms with Crippen LogP contribution < -0.4 is 0 Å². The second-order valence-electron chi connectivity index (χ2n) is 11.1. The second-order valence-corrected chi connectivity index (χ2v) is 13.0. The Bertz CT molecular complexity index is 579. The minimum Gasteiger partial charge on any atom is -0.373 e. The van der Waals surface area contributed by atoms with Gasteiger partial charge in [-0.25, -0.2) is 0 Å². The van der Waals surface area contributed by atoms with Crippen molar-refractivity contribution in [3.05, 3.63) is 24.3 Å². The van der Waals surface area contributed by atoms with Crippen molar-refractivity contribution >= 4 is 7.60 Å². The maximum atomic E-state index is 11.8. The van der Waals surface area contributed by atoms with Gasteiger partial charge in [0.15, 0.2) is 0 Å². The Morgan fingerprint density at radius 2 is 1.03 bits per heavy atom. The van der Waals surface area contributed by atoms with Crippen LogP contribution in [0.15, 0.2) is 24.3 Å². The van der Waals surface area contributed by atoms with Crippen LogP contribution in [0.3, 0.4) is 0 Å².